The summed E-state index contributed by atoms with van der Waals surface area (Å²) >= 11 is 0. The maximum Gasteiger partial charge on any atom is 0.228 e. The number of nitrogens with zero attached hydrogens (tertiary/aromatic N) is 6. The highest BCUT2D eigenvalue weighted by atomic mass is 16.2. The first-order valence-corrected chi connectivity index (χ1v) is 10.3. The van der Waals surface area contributed by atoms with Crippen molar-refractivity contribution in [3.63, 3.8) is 0 Å². The quantitative estimate of drug-likeness (QED) is 0.682. The van der Waals surface area contributed by atoms with Gasteiger partial charge in [0.2, 0.25) is 11.8 Å². The number of aromatic nitrogens is 5. The van der Waals surface area contributed by atoms with E-state index in [0.29, 0.717) is 18.3 Å². The van der Waals surface area contributed by atoms with Crippen LogP contribution in [0.25, 0.3) is 11.3 Å². The molecule has 1 unspecified atom stereocenters. The van der Waals surface area contributed by atoms with Crippen molar-refractivity contribution in [2.45, 2.75) is 40.2 Å². The van der Waals surface area contributed by atoms with Crippen LogP contribution in [0.4, 0.5) is 11.6 Å². The number of hydrogen-bond donors (Lipinski definition) is 1. The van der Waals surface area contributed by atoms with E-state index in [1.54, 1.807) is 29.6 Å². The number of fused-ring (bicyclic) bond motifs is 1. The molecule has 4 rings (SSSR count). The summed E-state index contributed by atoms with van der Waals surface area (Å²) in [5.41, 5.74) is 3.24. The molecule has 0 spiro atoms. The van der Waals surface area contributed by atoms with E-state index in [0.717, 1.165) is 35.0 Å². The third kappa shape index (κ3) is 4.76. The average Bonchev–Trinajstić information content (AvgIpc) is 3.11. The Labute approximate surface area is 180 Å². The molecule has 0 radical (unpaired) electrons. The summed E-state index contributed by atoms with van der Waals surface area (Å²) in [6, 6.07) is 5.45. The van der Waals surface area contributed by atoms with Gasteiger partial charge in [-0.25, -0.2) is 14.6 Å². The van der Waals surface area contributed by atoms with Crippen molar-refractivity contribution >= 4 is 23.5 Å². The molecule has 0 aliphatic carbocycles. The van der Waals surface area contributed by atoms with Gasteiger partial charge in [-0.2, -0.15) is 5.10 Å². The lowest BCUT2D eigenvalue weighted by Crippen LogP contribution is -2.41. The van der Waals surface area contributed by atoms with Crippen LogP contribution in [0, 0.1) is 19.8 Å². The number of carbonyl (C=O) groups excluding carboxylic acids is 2. The highest BCUT2D eigenvalue weighted by molar-refractivity contribution is 5.97. The molecule has 2 amide bonds. The van der Waals surface area contributed by atoms with Crippen molar-refractivity contribution in [1.82, 2.24) is 24.7 Å². The monoisotopic (exact) mass is 419 g/mol. The maximum atomic E-state index is 12.8. The fraction of sp³-hybridized carbons (Fsp3) is 0.364. The van der Waals surface area contributed by atoms with E-state index in [9.17, 15) is 9.59 Å². The van der Waals surface area contributed by atoms with E-state index >= 15 is 0 Å². The number of hydrogen-bond acceptors (Lipinski definition) is 6. The predicted molar refractivity (Wildman–Crippen MR) is 116 cm³/mol. The number of rotatable bonds is 5. The average molecular weight is 419 g/mol. The van der Waals surface area contributed by atoms with Crippen LogP contribution in [0.1, 0.15) is 31.2 Å². The molecule has 1 aliphatic rings. The molecular weight excluding hydrogens is 394 g/mol. The van der Waals surface area contributed by atoms with Crippen molar-refractivity contribution in [2.75, 3.05) is 16.8 Å². The fourth-order valence-corrected chi connectivity index (χ4v) is 3.65. The summed E-state index contributed by atoms with van der Waals surface area (Å²) in [5, 5.41) is 7.19. The molecule has 9 nitrogen and oxygen atoms in total. The highest BCUT2D eigenvalue weighted by Crippen LogP contribution is 2.25. The smallest absolute Gasteiger partial charge is 0.228 e. The molecule has 31 heavy (non-hydrogen) atoms. The summed E-state index contributed by atoms with van der Waals surface area (Å²) in [4.78, 5) is 39.7. The van der Waals surface area contributed by atoms with Gasteiger partial charge in [0.15, 0.2) is 0 Å². The third-order valence-electron chi connectivity index (χ3n) is 5.09. The lowest BCUT2D eigenvalue weighted by atomic mass is 10.1. The molecule has 4 heterocycles. The Morgan fingerprint density at radius 3 is 2.68 bits per heavy atom. The zero-order valence-electron chi connectivity index (χ0n) is 17.9. The molecule has 0 saturated heterocycles. The standard InChI is InChI=1S/C22H25N7O2/c1-14-12-28(21-8-15(2)27-29(21)13-14)22(31)7-6-20(30)26-19-5-4-17(10-24-19)18-11-23-9-16(3)25-18/h4-5,8-11,14H,6-7,12-13H2,1-3H3,(H,24,26,30). The normalized spacial score (nSPS) is 15.5. The molecule has 1 aliphatic heterocycles. The molecule has 160 valence electrons. The summed E-state index contributed by atoms with van der Waals surface area (Å²) in [6.07, 6.45) is 5.21. The van der Waals surface area contributed by atoms with E-state index in [2.05, 4.69) is 32.3 Å². The van der Waals surface area contributed by atoms with Gasteiger partial charge in [-0.05, 0) is 31.9 Å². The number of nitrogens with one attached hydrogen (secondary N) is 1. The van der Waals surface area contributed by atoms with Crippen molar-refractivity contribution in [3.05, 3.63) is 48.2 Å². The van der Waals surface area contributed by atoms with Crippen LogP contribution in [0.3, 0.4) is 0 Å². The summed E-state index contributed by atoms with van der Waals surface area (Å²) < 4.78 is 1.87. The third-order valence-corrected chi connectivity index (χ3v) is 5.09. The first-order chi connectivity index (χ1) is 14.9. The van der Waals surface area contributed by atoms with Crippen LogP contribution >= 0.6 is 0 Å². The van der Waals surface area contributed by atoms with Gasteiger partial charge >= 0.3 is 0 Å². The van der Waals surface area contributed by atoms with Crippen molar-refractivity contribution in [3.8, 4) is 11.3 Å². The largest absolute Gasteiger partial charge is 0.311 e. The van der Waals surface area contributed by atoms with Gasteiger partial charge < -0.3 is 5.32 Å². The lowest BCUT2D eigenvalue weighted by Gasteiger charge is -2.31. The number of amides is 2. The molecule has 0 saturated carbocycles. The highest BCUT2D eigenvalue weighted by Gasteiger charge is 2.27. The van der Waals surface area contributed by atoms with Gasteiger partial charge in [0.25, 0.3) is 0 Å². The van der Waals surface area contributed by atoms with Gasteiger partial charge in [-0.3, -0.25) is 19.5 Å². The fourth-order valence-electron chi connectivity index (χ4n) is 3.65. The summed E-state index contributed by atoms with van der Waals surface area (Å²) in [7, 11) is 0. The Morgan fingerprint density at radius 1 is 1.10 bits per heavy atom. The molecular formula is C22H25N7O2. The minimum Gasteiger partial charge on any atom is -0.311 e. The minimum atomic E-state index is -0.251. The molecule has 3 aromatic heterocycles. The molecule has 0 bridgehead atoms. The van der Waals surface area contributed by atoms with Crippen molar-refractivity contribution < 1.29 is 9.59 Å². The van der Waals surface area contributed by atoms with Gasteiger partial charge in [0.1, 0.15) is 11.6 Å². The van der Waals surface area contributed by atoms with Crippen LogP contribution in [0.15, 0.2) is 36.8 Å². The lowest BCUT2D eigenvalue weighted by molar-refractivity contribution is -0.122. The Hall–Kier alpha value is -3.62. The summed E-state index contributed by atoms with van der Waals surface area (Å²) in [5.74, 6) is 1.22. The molecule has 0 aromatic carbocycles. The van der Waals surface area contributed by atoms with Crippen LogP contribution in [-0.4, -0.2) is 43.1 Å². The van der Waals surface area contributed by atoms with E-state index in [4.69, 9.17) is 0 Å². The van der Waals surface area contributed by atoms with Crippen molar-refractivity contribution in [1.29, 1.82) is 0 Å². The number of carbonyl (C=O) groups is 2. The Bertz CT molecular complexity index is 1110. The van der Waals surface area contributed by atoms with Crippen LogP contribution in [0.5, 0.6) is 0 Å². The Kier molecular flexibility index (Phi) is 5.75. The second kappa shape index (κ2) is 8.63. The molecule has 1 N–H and O–H groups in total. The van der Waals surface area contributed by atoms with E-state index in [-0.39, 0.29) is 24.7 Å². The van der Waals surface area contributed by atoms with Gasteiger partial charge in [0, 0.05) is 50.0 Å². The summed E-state index contributed by atoms with van der Waals surface area (Å²) in [6.45, 7) is 7.31. The topological polar surface area (TPSA) is 106 Å². The zero-order valence-corrected chi connectivity index (χ0v) is 17.9. The molecule has 3 aromatic rings. The Balaban J connectivity index is 1.34. The van der Waals surface area contributed by atoms with Gasteiger partial charge in [0.05, 0.1) is 23.3 Å². The molecule has 1 atom stereocenters. The van der Waals surface area contributed by atoms with E-state index < -0.39 is 0 Å². The molecule has 0 fully saturated rings. The number of aryl methyl sites for hydroxylation is 2. The predicted octanol–water partition coefficient (Wildman–Crippen LogP) is 2.75. The molecule has 9 heteroatoms. The first kappa shape index (κ1) is 20.6. The first-order valence-electron chi connectivity index (χ1n) is 10.3. The number of anilines is 2. The second-order valence-electron chi connectivity index (χ2n) is 7.96. The minimum absolute atomic E-state index is 0.0795. The van der Waals surface area contributed by atoms with Crippen LogP contribution in [-0.2, 0) is 16.1 Å². The van der Waals surface area contributed by atoms with E-state index in [1.807, 2.05) is 30.7 Å². The van der Waals surface area contributed by atoms with Crippen LogP contribution < -0.4 is 10.2 Å². The van der Waals surface area contributed by atoms with E-state index in [1.165, 1.54) is 0 Å². The zero-order chi connectivity index (χ0) is 22.0. The second-order valence-corrected chi connectivity index (χ2v) is 7.96. The van der Waals surface area contributed by atoms with Gasteiger partial charge in [-0.1, -0.05) is 6.92 Å². The SMILES string of the molecule is Cc1cncc(-c2ccc(NC(=O)CCC(=O)N3CC(C)Cn4nc(C)cc43)nc2)n1. The van der Waals surface area contributed by atoms with Gasteiger partial charge in [-0.15, -0.1) is 0 Å². The Morgan fingerprint density at radius 2 is 1.94 bits per heavy atom. The maximum absolute atomic E-state index is 12.8. The van der Waals surface area contributed by atoms with Crippen LogP contribution in [0.2, 0.25) is 0 Å². The van der Waals surface area contributed by atoms with Crippen molar-refractivity contribution in [2.24, 2.45) is 5.92 Å². The number of pyridine rings is 1.